The molecule has 0 aliphatic heterocycles. The summed E-state index contributed by atoms with van der Waals surface area (Å²) < 4.78 is 1.56. The largest absolute Gasteiger partial charge is 0.478 e. The minimum atomic E-state index is -1.07. The number of carboxylic acids is 1. The van der Waals surface area contributed by atoms with Crippen LogP contribution < -0.4 is 5.32 Å². The molecule has 0 aliphatic rings. The number of aromatic carboxylic acids is 1. The molecule has 0 spiro atoms. The molecule has 0 unspecified atom stereocenters. The second-order valence-corrected chi connectivity index (χ2v) is 5.65. The molecule has 1 aromatic heterocycles. The van der Waals surface area contributed by atoms with Gasteiger partial charge in [-0.2, -0.15) is 0 Å². The van der Waals surface area contributed by atoms with Crippen LogP contribution in [0.2, 0.25) is 5.15 Å². The predicted molar refractivity (Wildman–Crippen MR) is 81.3 cm³/mol. The number of hydrogen-bond acceptors (Lipinski definition) is 3. The molecule has 0 aliphatic carbocycles. The Labute approximate surface area is 131 Å². The molecule has 1 aromatic carbocycles. The lowest BCUT2D eigenvalue weighted by atomic mass is 10.2. The summed E-state index contributed by atoms with van der Waals surface area (Å²) in [4.78, 5) is 15.2. The van der Waals surface area contributed by atoms with Crippen molar-refractivity contribution in [3.63, 3.8) is 0 Å². The van der Waals surface area contributed by atoms with Crippen LogP contribution in [0.5, 0.6) is 0 Å². The normalized spacial score (nSPS) is 10.3. The number of nitrogens with zero attached hydrogens (tertiary/aromatic N) is 1. The van der Waals surface area contributed by atoms with Gasteiger partial charge < -0.3 is 10.4 Å². The summed E-state index contributed by atoms with van der Waals surface area (Å²) in [5.74, 6) is -0.887. The third-order valence-corrected chi connectivity index (χ3v) is 3.83. The van der Waals surface area contributed by atoms with Crippen LogP contribution in [-0.4, -0.2) is 16.1 Å². The highest BCUT2D eigenvalue weighted by atomic mass is 79.9. The third kappa shape index (κ3) is 3.26. The van der Waals surface area contributed by atoms with Gasteiger partial charge in [-0.15, -0.1) is 0 Å². The van der Waals surface area contributed by atoms with Crippen molar-refractivity contribution in [2.24, 2.45) is 0 Å². The first-order valence-electron chi connectivity index (χ1n) is 5.10. The topological polar surface area (TPSA) is 62.2 Å². The van der Waals surface area contributed by atoms with Gasteiger partial charge in [0.05, 0.1) is 5.69 Å². The molecule has 0 radical (unpaired) electrons. The molecule has 1 heterocycles. The number of anilines is 2. The van der Waals surface area contributed by atoms with Gasteiger partial charge in [-0.3, -0.25) is 0 Å². The Hall–Kier alpha value is -1.11. The van der Waals surface area contributed by atoms with Crippen molar-refractivity contribution in [3.8, 4) is 0 Å². The van der Waals surface area contributed by atoms with Crippen LogP contribution in [0.25, 0.3) is 0 Å². The van der Waals surface area contributed by atoms with Crippen molar-refractivity contribution in [2.75, 3.05) is 5.32 Å². The van der Waals surface area contributed by atoms with E-state index in [0.29, 0.717) is 5.69 Å². The lowest BCUT2D eigenvalue weighted by Crippen LogP contribution is -2.05. The summed E-state index contributed by atoms with van der Waals surface area (Å²) in [5.41, 5.74) is 0.729. The Morgan fingerprint density at radius 2 is 1.84 bits per heavy atom. The molecule has 0 bridgehead atoms. The van der Waals surface area contributed by atoms with Crippen LogP contribution in [-0.2, 0) is 0 Å². The van der Waals surface area contributed by atoms with Crippen molar-refractivity contribution >= 4 is 60.9 Å². The van der Waals surface area contributed by atoms with E-state index in [1.54, 1.807) is 0 Å². The van der Waals surface area contributed by atoms with Crippen LogP contribution in [0.15, 0.2) is 39.3 Å². The summed E-state index contributed by atoms with van der Waals surface area (Å²) in [5, 5.41) is 12.3. The molecule has 2 aromatic rings. The van der Waals surface area contributed by atoms with Gasteiger partial charge in [0, 0.05) is 8.95 Å². The Bertz CT molecular complexity index is 629. The first kappa shape index (κ1) is 14.3. The number of carboxylic acid groups (broad SMARTS) is 1. The van der Waals surface area contributed by atoms with Crippen LogP contribution in [0.1, 0.15) is 10.4 Å². The van der Waals surface area contributed by atoms with Gasteiger partial charge in [0.25, 0.3) is 0 Å². The Kier molecular flexibility index (Phi) is 4.44. The number of halogens is 3. The number of nitrogens with one attached hydrogen (secondary N) is 1. The molecule has 4 nitrogen and oxygen atoms in total. The van der Waals surface area contributed by atoms with E-state index in [9.17, 15) is 4.79 Å². The number of rotatable bonds is 3. The van der Waals surface area contributed by atoms with Crippen molar-refractivity contribution in [3.05, 3.63) is 50.0 Å². The zero-order chi connectivity index (χ0) is 14.0. The van der Waals surface area contributed by atoms with E-state index < -0.39 is 5.97 Å². The Balaban J connectivity index is 2.49. The Morgan fingerprint density at radius 1 is 1.21 bits per heavy atom. The lowest BCUT2D eigenvalue weighted by Gasteiger charge is -2.12. The molecule has 0 saturated carbocycles. The van der Waals surface area contributed by atoms with Crippen LogP contribution in [0, 0.1) is 0 Å². The minimum absolute atomic E-state index is 0.0482. The lowest BCUT2D eigenvalue weighted by molar-refractivity contribution is 0.0697. The fourth-order valence-electron chi connectivity index (χ4n) is 1.44. The maximum Gasteiger partial charge on any atom is 0.339 e. The van der Waals surface area contributed by atoms with E-state index >= 15 is 0 Å². The highest BCUT2D eigenvalue weighted by molar-refractivity contribution is 9.11. The second kappa shape index (κ2) is 5.90. The van der Waals surface area contributed by atoms with E-state index in [-0.39, 0.29) is 16.5 Å². The fourth-order valence-corrected chi connectivity index (χ4v) is 2.78. The summed E-state index contributed by atoms with van der Waals surface area (Å²) in [7, 11) is 0. The second-order valence-electron chi connectivity index (χ2n) is 3.56. The quantitative estimate of drug-likeness (QED) is 0.726. The van der Waals surface area contributed by atoms with Crippen LogP contribution in [0.4, 0.5) is 11.5 Å². The minimum Gasteiger partial charge on any atom is -0.478 e. The van der Waals surface area contributed by atoms with Gasteiger partial charge in [-0.1, -0.05) is 17.7 Å². The van der Waals surface area contributed by atoms with Crippen molar-refractivity contribution in [2.45, 2.75) is 0 Å². The zero-order valence-corrected chi connectivity index (χ0v) is 13.3. The van der Waals surface area contributed by atoms with E-state index in [4.69, 9.17) is 16.7 Å². The number of hydrogen-bond donors (Lipinski definition) is 2. The summed E-state index contributed by atoms with van der Waals surface area (Å²) in [6, 6.07) is 8.36. The van der Waals surface area contributed by atoms with E-state index in [1.165, 1.54) is 12.1 Å². The van der Waals surface area contributed by atoms with Crippen molar-refractivity contribution in [1.29, 1.82) is 0 Å². The van der Waals surface area contributed by atoms with E-state index in [0.717, 1.165) is 8.95 Å². The maximum absolute atomic E-state index is 11.1. The fraction of sp³-hybridized carbons (Fsp3) is 0. The van der Waals surface area contributed by atoms with Crippen LogP contribution >= 0.6 is 43.5 Å². The van der Waals surface area contributed by atoms with Gasteiger partial charge in [0.2, 0.25) is 0 Å². The molecule has 7 heteroatoms. The molecule has 98 valence electrons. The molecular formula is C12H7Br2ClN2O2. The summed E-state index contributed by atoms with van der Waals surface area (Å²) in [6.45, 7) is 0. The van der Waals surface area contributed by atoms with Gasteiger partial charge in [-0.05, 0) is 56.1 Å². The predicted octanol–water partition coefficient (Wildman–Crippen LogP) is 4.70. The molecule has 0 amide bonds. The first-order chi connectivity index (χ1) is 8.99. The van der Waals surface area contributed by atoms with Crippen molar-refractivity contribution in [1.82, 2.24) is 4.98 Å². The average molecular weight is 406 g/mol. The maximum atomic E-state index is 11.1. The highest BCUT2D eigenvalue weighted by Gasteiger charge is 2.14. The molecule has 2 rings (SSSR count). The third-order valence-electron chi connectivity index (χ3n) is 2.30. The van der Waals surface area contributed by atoms with Gasteiger partial charge >= 0.3 is 5.97 Å². The average Bonchev–Trinajstić information content (AvgIpc) is 2.33. The van der Waals surface area contributed by atoms with Crippen LogP contribution in [0.3, 0.4) is 0 Å². The van der Waals surface area contributed by atoms with Gasteiger partial charge in [-0.25, -0.2) is 9.78 Å². The van der Waals surface area contributed by atoms with E-state index in [2.05, 4.69) is 42.2 Å². The standard InChI is InChI=1S/C12H7Br2ClN2O2/c13-7-2-1-3-8(14)10(7)17-11-6(12(18)19)4-5-9(15)16-11/h1-5H,(H,16,17)(H,18,19). The summed E-state index contributed by atoms with van der Waals surface area (Å²) >= 11 is 12.6. The smallest absolute Gasteiger partial charge is 0.339 e. The molecule has 0 atom stereocenters. The van der Waals surface area contributed by atoms with E-state index in [1.807, 2.05) is 18.2 Å². The molecule has 19 heavy (non-hydrogen) atoms. The highest BCUT2D eigenvalue weighted by Crippen LogP contribution is 2.33. The Morgan fingerprint density at radius 3 is 2.42 bits per heavy atom. The molecule has 0 saturated heterocycles. The number of aromatic nitrogens is 1. The first-order valence-corrected chi connectivity index (χ1v) is 7.06. The summed E-state index contributed by atoms with van der Waals surface area (Å²) in [6.07, 6.45) is 0. The SMILES string of the molecule is O=C(O)c1ccc(Cl)nc1Nc1c(Br)cccc1Br. The molecule has 2 N–H and O–H groups in total. The van der Waals surface area contributed by atoms with Gasteiger partial charge in [0.15, 0.2) is 0 Å². The van der Waals surface area contributed by atoms with Gasteiger partial charge in [0.1, 0.15) is 16.5 Å². The number of carbonyl (C=O) groups is 1. The molecular weight excluding hydrogens is 399 g/mol. The number of para-hydroxylation sites is 1. The molecule has 0 fully saturated rings. The number of benzene rings is 1. The number of pyridine rings is 1. The van der Waals surface area contributed by atoms with Crippen molar-refractivity contribution < 1.29 is 9.90 Å². The zero-order valence-electron chi connectivity index (χ0n) is 9.32. The monoisotopic (exact) mass is 404 g/mol.